The summed E-state index contributed by atoms with van der Waals surface area (Å²) < 4.78 is 1.99. The fraction of sp³-hybridized carbons (Fsp3) is 0.583. The Kier molecular flexibility index (Phi) is 2.97. The van der Waals surface area contributed by atoms with Crippen LogP contribution in [0.15, 0.2) is 12.4 Å². The molecular weight excluding hydrogens is 294 g/mol. The van der Waals surface area contributed by atoms with Gasteiger partial charge in [-0.15, -0.1) is 10.2 Å². The van der Waals surface area contributed by atoms with Crippen LogP contribution in [0.2, 0.25) is 0 Å². The maximum absolute atomic E-state index is 4.49. The molecule has 2 aromatic heterocycles. The quantitative estimate of drug-likeness (QED) is 0.756. The molecule has 18 heavy (non-hydrogen) atoms. The highest BCUT2D eigenvalue weighted by atomic mass is 79.9. The Hall–Kier alpha value is -1.17. The van der Waals surface area contributed by atoms with Gasteiger partial charge in [-0.1, -0.05) is 22.9 Å². The Morgan fingerprint density at radius 3 is 3.00 bits per heavy atom. The van der Waals surface area contributed by atoms with Gasteiger partial charge in [-0.05, 0) is 19.3 Å². The first kappa shape index (κ1) is 11.9. The van der Waals surface area contributed by atoms with Gasteiger partial charge in [0.05, 0.1) is 0 Å². The topological polar surface area (TPSA) is 46.3 Å². The number of piperidine rings is 1. The van der Waals surface area contributed by atoms with Crippen molar-refractivity contribution in [2.24, 2.45) is 5.92 Å². The molecule has 2 aromatic rings. The molecule has 2 unspecified atom stereocenters. The van der Waals surface area contributed by atoms with Crippen LogP contribution in [-0.2, 0) is 0 Å². The number of aromatic nitrogens is 4. The van der Waals surface area contributed by atoms with Gasteiger partial charge in [0.15, 0.2) is 5.82 Å². The first-order valence-electron chi connectivity index (χ1n) is 6.22. The molecule has 2 atom stereocenters. The molecule has 5 nitrogen and oxygen atoms in total. The third-order valence-electron chi connectivity index (χ3n) is 3.58. The van der Waals surface area contributed by atoms with E-state index in [1.54, 1.807) is 0 Å². The molecule has 3 heterocycles. The first-order chi connectivity index (χ1) is 8.66. The number of anilines is 1. The predicted octanol–water partition coefficient (Wildman–Crippen LogP) is 2.04. The average molecular weight is 310 g/mol. The maximum Gasteiger partial charge on any atom is 0.203 e. The summed E-state index contributed by atoms with van der Waals surface area (Å²) in [6.07, 6.45) is 4.87. The molecule has 6 heteroatoms. The summed E-state index contributed by atoms with van der Waals surface area (Å²) in [7, 11) is 0. The van der Waals surface area contributed by atoms with Crippen molar-refractivity contribution in [3.05, 3.63) is 18.2 Å². The average Bonchev–Trinajstić information content (AvgIpc) is 2.75. The normalized spacial score (nSPS) is 24.7. The van der Waals surface area contributed by atoms with Crippen molar-refractivity contribution in [3.63, 3.8) is 0 Å². The van der Waals surface area contributed by atoms with E-state index < -0.39 is 0 Å². The molecule has 0 bridgehead atoms. The molecule has 0 amide bonds. The van der Waals surface area contributed by atoms with Gasteiger partial charge in [0.1, 0.15) is 5.82 Å². The van der Waals surface area contributed by atoms with Crippen LogP contribution in [0.4, 0.5) is 5.82 Å². The number of alkyl halides is 1. The van der Waals surface area contributed by atoms with Gasteiger partial charge >= 0.3 is 0 Å². The van der Waals surface area contributed by atoms with Gasteiger partial charge in [-0.3, -0.25) is 4.40 Å². The Balaban J connectivity index is 1.99. The number of hydrogen-bond acceptors (Lipinski definition) is 4. The Labute approximate surface area is 114 Å². The lowest BCUT2D eigenvalue weighted by molar-refractivity contribution is 0.464. The maximum atomic E-state index is 4.49. The summed E-state index contributed by atoms with van der Waals surface area (Å²) in [6.45, 7) is 6.24. The molecule has 0 radical (unpaired) electrons. The molecule has 0 spiro atoms. The molecule has 0 aromatic carbocycles. The minimum atomic E-state index is 0.605. The smallest absolute Gasteiger partial charge is 0.203 e. The van der Waals surface area contributed by atoms with Crippen molar-refractivity contribution in [2.45, 2.75) is 25.1 Å². The lowest BCUT2D eigenvalue weighted by Crippen LogP contribution is -2.40. The third-order valence-corrected chi connectivity index (χ3v) is 4.94. The number of nitrogens with zero attached hydrogens (tertiary/aromatic N) is 5. The van der Waals surface area contributed by atoms with E-state index in [-0.39, 0.29) is 0 Å². The van der Waals surface area contributed by atoms with E-state index >= 15 is 0 Å². The predicted molar refractivity (Wildman–Crippen MR) is 74.2 cm³/mol. The van der Waals surface area contributed by atoms with Crippen LogP contribution in [0, 0.1) is 12.8 Å². The molecule has 0 N–H and O–H groups in total. The van der Waals surface area contributed by atoms with Crippen molar-refractivity contribution in [2.75, 3.05) is 18.0 Å². The molecule has 1 fully saturated rings. The van der Waals surface area contributed by atoms with Gasteiger partial charge in [0.25, 0.3) is 0 Å². The molecule has 96 valence electrons. The number of hydrogen-bond donors (Lipinski definition) is 0. The second kappa shape index (κ2) is 4.50. The van der Waals surface area contributed by atoms with Crippen molar-refractivity contribution in [3.8, 4) is 0 Å². The van der Waals surface area contributed by atoms with E-state index in [4.69, 9.17) is 0 Å². The van der Waals surface area contributed by atoms with Gasteiger partial charge in [-0.2, -0.15) is 0 Å². The van der Waals surface area contributed by atoms with E-state index in [9.17, 15) is 0 Å². The van der Waals surface area contributed by atoms with Gasteiger partial charge < -0.3 is 4.90 Å². The van der Waals surface area contributed by atoms with Crippen molar-refractivity contribution in [1.29, 1.82) is 0 Å². The van der Waals surface area contributed by atoms with Crippen molar-refractivity contribution >= 4 is 27.4 Å². The van der Waals surface area contributed by atoms with E-state index in [2.05, 4.69) is 42.9 Å². The highest BCUT2D eigenvalue weighted by Crippen LogP contribution is 2.28. The van der Waals surface area contributed by atoms with Gasteiger partial charge in [0.2, 0.25) is 5.65 Å². The standard InChI is InChI=1S/C12H16BrN5/c1-8-7-17(5-3-10(8)13)11-12-16-15-9(2)18(12)6-4-14-11/h4,6,8,10H,3,5,7H2,1-2H3. The molecule has 1 saturated heterocycles. The minimum Gasteiger partial charge on any atom is -0.353 e. The number of fused-ring (bicyclic) bond motifs is 1. The Morgan fingerprint density at radius 1 is 1.39 bits per heavy atom. The summed E-state index contributed by atoms with van der Waals surface area (Å²) in [6, 6.07) is 0. The highest BCUT2D eigenvalue weighted by molar-refractivity contribution is 9.09. The number of aryl methyl sites for hydroxylation is 1. The molecule has 1 aliphatic heterocycles. The molecule has 3 rings (SSSR count). The molecule has 0 saturated carbocycles. The zero-order valence-corrected chi connectivity index (χ0v) is 12.1. The van der Waals surface area contributed by atoms with Crippen LogP contribution in [0.1, 0.15) is 19.2 Å². The summed E-state index contributed by atoms with van der Waals surface area (Å²) in [4.78, 5) is 7.41. The zero-order valence-electron chi connectivity index (χ0n) is 10.5. The van der Waals surface area contributed by atoms with E-state index in [0.717, 1.165) is 36.8 Å². The number of halogens is 1. The monoisotopic (exact) mass is 309 g/mol. The number of rotatable bonds is 1. The van der Waals surface area contributed by atoms with Gasteiger partial charge in [-0.25, -0.2) is 4.98 Å². The second-order valence-corrected chi connectivity index (χ2v) is 6.10. The molecular formula is C12H16BrN5. The van der Waals surface area contributed by atoms with Crippen LogP contribution in [0.3, 0.4) is 0 Å². The van der Waals surface area contributed by atoms with Crippen LogP contribution in [0.25, 0.3) is 5.65 Å². The lowest BCUT2D eigenvalue weighted by Gasteiger charge is -2.34. The summed E-state index contributed by atoms with van der Waals surface area (Å²) >= 11 is 3.73. The van der Waals surface area contributed by atoms with E-state index in [1.165, 1.54) is 0 Å². The minimum absolute atomic E-state index is 0.605. The molecule has 0 aliphatic carbocycles. The summed E-state index contributed by atoms with van der Waals surface area (Å²) in [5.41, 5.74) is 0.857. The van der Waals surface area contributed by atoms with Crippen LogP contribution < -0.4 is 4.90 Å². The molecule has 1 aliphatic rings. The van der Waals surface area contributed by atoms with Crippen LogP contribution >= 0.6 is 15.9 Å². The van der Waals surface area contributed by atoms with Crippen LogP contribution in [0.5, 0.6) is 0 Å². The van der Waals surface area contributed by atoms with Crippen molar-refractivity contribution in [1.82, 2.24) is 19.6 Å². The van der Waals surface area contributed by atoms with Crippen molar-refractivity contribution < 1.29 is 0 Å². The Morgan fingerprint density at radius 2 is 2.22 bits per heavy atom. The van der Waals surface area contributed by atoms with E-state index in [0.29, 0.717) is 10.7 Å². The summed E-state index contributed by atoms with van der Waals surface area (Å²) in [5.74, 6) is 2.46. The van der Waals surface area contributed by atoms with Gasteiger partial charge in [0, 0.05) is 30.3 Å². The third kappa shape index (κ3) is 1.88. The van der Waals surface area contributed by atoms with E-state index in [1.807, 2.05) is 23.7 Å². The largest absolute Gasteiger partial charge is 0.353 e. The zero-order chi connectivity index (χ0) is 12.7. The second-order valence-electron chi connectivity index (χ2n) is 4.92. The SMILES string of the molecule is Cc1nnc2c(N3CCC(Br)C(C)C3)nccn12. The fourth-order valence-corrected chi connectivity index (χ4v) is 2.83. The first-order valence-corrected chi connectivity index (χ1v) is 7.13. The fourth-order valence-electron chi connectivity index (χ4n) is 2.46. The summed E-state index contributed by atoms with van der Waals surface area (Å²) in [5, 5.41) is 8.36. The highest BCUT2D eigenvalue weighted by Gasteiger charge is 2.26. The Bertz CT molecular complexity index is 567. The lowest BCUT2D eigenvalue weighted by atomic mass is 10.0. The van der Waals surface area contributed by atoms with Crippen LogP contribution in [-0.4, -0.2) is 37.5 Å².